The van der Waals surface area contributed by atoms with Gasteiger partial charge in [-0.15, -0.1) is 0 Å². The zero-order valence-corrected chi connectivity index (χ0v) is 13.1. The highest BCUT2D eigenvalue weighted by atomic mass is 35.5. The van der Waals surface area contributed by atoms with E-state index < -0.39 is 0 Å². The third kappa shape index (κ3) is 5.92. The van der Waals surface area contributed by atoms with E-state index in [0.29, 0.717) is 11.1 Å². The van der Waals surface area contributed by atoms with Crippen molar-refractivity contribution in [3.8, 4) is 0 Å². The van der Waals surface area contributed by atoms with Crippen molar-refractivity contribution in [1.29, 1.82) is 0 Å². The lowest BCUT2D eigenvalue weighted by atomic mass is 9.80. The van der Waals surface area contributed by atoms with Gasteiger partial charge < -0.3 is 5.32 Å². The molecule has 1 unspecified atom stereocenters. The van der Waals surface area contributed by atoms with Crippen molar-refractivity contribution < 1.29 is 4.39 Å². The fourth-order valence-corrected chi connectivity index (χ4v) is 2.78. The van der Waals surface area contributed by atoms with Crippen LogP contribution < -0.4 is 5.32 Å². The lowest BCUT2D eigenvalue weighted by molar-refractivity contribution is 0.287. The highest BCUT2D eigenvalue weighted by molar-refractivity contribution is 6.31. The summed E-state index contributed by atoms with van der Waals surface area (Å²) in [4.78, 5) is 0. The van der Waals surface area contributed by atoms with E-state index in [1.54, 1.807) is 6.07 Å². The van der Waals surface area contributed by atoms with Crippen LogP contribution in [0, 0.1) is 11.2 Å². The number of nitrogens with one attached hydrogen (secondary N) is 1. The van der Waals surface area contributed by atoms with Gasteiger partial charge in [0.15, 0.2) is 0 Å². The van der Waals surface area contributed by atoms with E-state index in [0.717, 1.165) is 31.4 Å². The van der Waals surface area contributed by atoms with E-state index >= 15 is 0 Å². The summed E-state index contributed by atoms with van der Waals surface area (Å²) >= 11 is 6.10. The van der Waals surface area contributed by atoms with Gasteiger partial charge in [-0.1, -0.05) is 38.4 Å². The number of hydrogen-bond donors (Lipinski definition) is 1. The minimum absolute atomic E-state index is 0.141. The fourth-order valence-electron chi connectivity index (χ4n) is 2.54. The van der Waals surface area contributed by atoms with Crippen LogP contribution in [0.25, 0.3) is 0 Å². The van der Waals surface area contributed by atoms with E-state index in [4.69, 9.17) is 11.6 Å². The lowest BCUT2D eigenvalue weighted by Gasteiger charge is -2.29. The Labute approximate surface area is 121 Å². The molecule has 0 aromatic heterocycles. The van der Waals surface area contributed by atoms with Crippen LogP contribution in [-0.2, 0) is 6.42 Å². The van der Waals surface area contributed by atoms with Gasteiger partial charge in [0.05, 0.1) is 0 Å². The summed E-state index contributed by atoms with van der Waals surface area (Å²) in [6, 6.07) is 5.15. The quantitative estimate of drug-likeness (QED) is 0.757. The molecule has 1 aromatic rings. The molecule has 19 heavy (non-hydrogen) atoms. The maximum absolute atomic E-state index is 13.0. The zero-order chi connectivity index (χ0) is 14.5. The molecule has 0 saturated carbocycles. The smallest absolute Gasteiger partial charge is 0.124 e. The first-order valence-electron chi connectivity index (χ1n) is 7.01. The number of rotatable bonds is 7. The second kappa shape index (κ2) is 7.25. The number of halogens is 2. The fraction of sp³-hybridized carbons (Fsp3) is 0.625. The Hall–Kier alpha value is -0.600. The van der Waals surface area contributed by atoms with Crippen LogP contribution >= 0.6 is 11.6 Å². The van der Waals surface area contributed by atoms with Gasteiger partial charge in [-0.2, -0.15) is 0 Å². The van der Waals surface area contributed by atoms with Gasteiger partial charge in [-0.3, -0.25) is 0 Å². The van der Waals surface area contributed by atoms with Crippen LogP contribution in [0.15, 0.2) is 18.2 Å². The molecule has 1 atom stereocenters. The van der Waals surface area contributed by atoms with E-state index in [-0.39, 0.29) is 11.2 Å². The van der Waals surface area contributed by atoms with E-state index in [1.165, 1.54) is 12.1 Å². The highest BCUT2D eigenvalue weighted by Gasteiger charge is 2.22. The lowest BCUT2D eigenvalue weighted by Crippen LogP contribution is -2.32. The van der Waals surface area contributed by atoms with E-state index in [2.05, 4.69) is 33.0 Å². The predicted molar refractivity (Wildman–Crippen MR) is 81.3 cm³/mol. The molecule has 0 amide bonds. The van der Waals surface area contributed by atoms with Gasteiger partial charge in [0.1, 0.15) is 5.82 Å². The van der Waals surface area contributed by atoms with Crippen molar-refractivity contribution in [3.63, 3.8) is 0 Å². The van der Waals surface area contributed by atoms with E-state index in [9.17, 15) is 4.39 Å². The van der Waals surface area contributed by atoms with Gasteiger partial charge >= 0.3 is 0 Å². The summed E-state index contributed by atoms with van der Waals surface area (Å²) in [6.07, 6.45) is 3.08. The van der Waals surface area contributed by atoms with Crippen LogP contribution in [0.3, 0.4) is 0 Å². The Morgan fingerprint density at radius 2 is 2.05 bits per heavy atom. The van der Waals surface area contributed by atoms with Crippen LogP contribution in [0.1, 0.15) is 46.1 Å². The highest BCUT2D eigenvalue weighted by Crippen LogP contribution is 2.30. The van der Waals surface area contributed by atoms with Crippen LogP contribution in [0.2, 0.25) is 5.02 Å². The largest absolute Gasteiger partial charge is 0.314 e. The van der Waals surface area contributed by atoms with Gasteiger partial charge in [0, 0.05) is 11.1 Å². The molecule has 1 N–H and O–H groups in total. The third-order valence-electron chi connectivity index (χ3n) is 3.29. The first-order chi connectivity index (χ1) is 8.84. The summed E-state index contributed by atoms with van der Waals surface area (Å²) in [5.74, 6) is -0.274. The summed E-state index contributed by atoms with van der Waals surface area (Å²) in [7, 11) is 0. The Balaban J connectivity index is 2.62. The first kappa shape index (κ1) is 16.5. The molecule has 0 aliphatic heterocycles. The van der Waals surface area contributed by atoms with Gasteiger partial charge in [0.2, 0.25) is 0 Å². The molecule has 0 radical (unpaired) electrons. The second-order valence-corrected chi connectivity index (χ2v) is 6.54. The molecule has 1 rings (SSSR count). The molecule has 108 valence electrons. The molecule has 0 heterocycles. The first-order valence-corrected chi connectivity index (χ1v) is 7.39. The zero-order valence-electron chi connectivity index (χ0n) is 12.4. The van der Waals surface area contributed by atoms with Gasteiger partial charge in [0.25, 0.3) is 0 Å². The minimum Gasteiger partial charge on any atom is -0.314 e. The predicted octanol–water partition coefficient (Wildman–Crippen LogP) is 4.83. The van der Waals surface area contributed by atoms with Gasteiger partial charge in [-0.25, -0.2) is 4.39 Å². The molecule has 3 heteroatoms. The van der Waals surface area contributed by atoms with Crippen molar-refractivity contribution in [2.24, 2.45) is 5.41 Å². The standard InChI is InChI=1S/C16H25ClFN/c1-5-8-19-12(2)10-16(3,4)11-13-6-7-14(18)9-15(13)17/h6-7,9,12,19H,5,8,10-11H2,1-4H3. The Kier molecular flexibility index (Phi) is 6.28. The SMILES string of the molecule is CCCNC(C)CC(C)(C)Cc1ccc(F)cc1Cl. The summed E-state index contributed by atoms with van der Waals surface area (Å²) in [5, 5.41) is 4.03. The molecular formula is C16H25ClFN. The Morgan fingerprint density at radius 3 is 2.63 bits per heavy atom. The van der Waals surface area contributed by atoms with Crippen LogP contribution in [0.5, 0.6) is 0 Å². The summed E-state index contributed by atoms with van der Waals surface area (Å²) in [5.41, 5.74) is 1.16. The maximum atomic E-state index is 13.0. The topological polar surface area (TPSA) is 12.0 Å². The van der Waals surface area contributed by atoms with E-state index in [1.807, 2.05) is 0 Å². The Bertz CT molecular complexity index is 404. The molecule has 1 nitrogen and oxygen atoms in total. The molecular weight excluding hydrogens is 261 g/mol. The molecule has 1 aromatic carbocycles. The van der Waals surface area contributed by atoms with Crippen molar-refractivity contribution in [3.05, 3.63) is 34.6 Å². The average Bonchev–Trinajstić information content (AvgIpc) is 2.29. The van der Waals surface area contributed by atoms with Crippen LogP contribution in [-0.4, -0.2) is 12.6 Å². The summed E-state index contributed by atoms with van der Waals surface area (Å²) < 4.78 is 13.0. The monoisotopic (exact) mass is 285 g/mol. The van der Waals surface area contributed by atoms with Crippen LogP contribution in [0.4, 0.5) is 4.39 Å². The second-order valence-electron chi connectivity index (χ2n) is 6.14. The number of hydrogen-bond acceptors (Lipinski definition) is 1. The molecule has 0 bridgehead atoms. The Morgan fingerprint density at radius 1 is 1.37 bits per heavy atom. The van der Waals surface area contributed by atoms with Crippen molar-refractivity contribution in [1.82, 2.24) is 5.32 Å². The number of benzene rings is 1. The average molecular weight is 286 g/mol. The van der Waals surface area contributed by atoms with Gasteiger partial charge in [-0.05, 0) is 55.8 Å². The third-order valence-corrected chi connectivity index (χ3v) is 3.64. The van der Waals surface area contributed by atoms with Crippen molar-refractivity contribution in [2.75, 3.05) is 6.54 Å². The molecule has 0 saturated heterocycles. The van der Waals surface area contributed by atoms with Crippen molar-refractivity contribution >= 4 is 11.6 Å². The molecule has 0 fully saturated rings. The van der Waals surface area contributed by atoms with Crippen molar-refractivity contribution in [2.45, 2.75) is 53.0 Å². The minimum atomic E-state index is -0.274. The normalized spacial score (nSPS) is 13.6. The molecule has 0 aliphatic rings. The molecule has 0 aliphatic carbocycles. The molecule has 0 spiro atoms. The summed E-state index contributed by atoms with van der Waals surface area (Å²) in [6.45, 7) is 9.90. The maximum Gasteiger partial charge on any atom is 0.124 e.